The van der Waals surface area contributed by atoms with Crippen molar-refractivity contribution in [1.29, 1.82) is 0 Å². The lowest BCUT2D eigenvalue weighted by Gasteiger charge is -2.06. The number of hydrogen-bond acceptors (Lipinski definition) is 7. The lowest BCUT2D eigenvalue weighted by Crippen LogP contribution is -2.21. The maximum absolute atomic E-state index is 12.2. The third-order valence-electron chi connectivity index (χ3n) is 4.16. The van der Waals surface area contributed by atoms with Crippen LogP contribution in [0.1, 0.15) is 55.6 Å². The molecule has 1 amide bonds. The fraction of sp³-hybridized carbons (Fsp3) is 0.421. The smallest absolute Gasteiger partial charge is 0.348 e. The van der Waals surface area contributed by atoms with E-state index < -0.39 is 24.5 Å². The number of rotatable bonds is 7. The second-order valence-corrected chi connectivity index (χ2v) is 8.34. The van der Waals surface area contributed by atoms with E-state index in [0.29, 0.717) is 15.4 Å². The second-order valence-electron chi connectivity index (χ2n) is 6.07. The van der Waals surface area contributed by atoms with Crippen molar-refractivity contribution in [3.63, 3.8) is 0 Å². The van der Waals surface area contributed by atoms with Gasteiger partial charge < -0.3 is 14.8 Å². The molecule has 3 rings (SSSR count). The van der Waals surface area contributed by atoms with Crippen molar-refractivity contribution < 1.29 is 23.9 Å². The Morgan fingerprint density at radius 1 is 1.07 bits per heavy atom. The van der Waals surface area contributed by atoms with Gasteiger partial charge in [-0.2, -0.15) is 0 Å². The van der Waals surface area contributed by atoms with Gasteiger partial charge in [0.25, 0.3) is 5.91 Å². The average molecular weight is 408 g/mol. The van der Waals surface area contributed by atoms with Crippen LogP contribution in [0, 0.1) is 0 Å². The minimum Gasteiger partial charge on any atom is -0.462 e. The molecule has 8 heteroatoms. The second kappa shape index (κ2) is 8.67. The quantitative estimate of drug-likeness (QED) is 0.706. The van der Waals surface area contributed by atoms with Crippen LogP contribution in [-0.2, 0) is 33.5 Å². The van der Waals surface area contributed by atoms with Gasteiger partial charge in [0.05, 0.1) is 12.2 Å². The molecule has 144 valence electrons. The lowest BCUT2D eigenvalue weighted by atomic mass is 10.2. The number of thiophene rings is 2. The predicted molar refractivity (Wildman–Crippen MR) is 105 cm³/mol. The fourth-order valence-corrected chi connectivity index (χ4v) is 5.01. The molecule has 0 fully saturated rings. The van der Waals surface area contributed by atoms with Gasteiger partial charge in [-0.25, -0.2) is 9.59 Å². The molecule has 0 aromatic carbocycles. The molecule has 0 saturated carbocycles. The summed E-state index contributed by atoms with van der Waals surface area (Å²) < 4.78 is 10.2. The molecule has 1 aliphatic rings. The lowest BCUT2D eigenvalue weighted by molar-refractivity contribution is -0.119. The zero-order chi connectivity index (χ0) is 19.4. The molecule has 2 aromatic rings. The summed E-state index contributed by atoms with van der Waals surface area (Å²) in [4.78, 5) is 39.1. The van der Waals surface area contributed by atoms with Crippen LogP contribution < -0.4 is 5.32 Å². The molecule has 2 aromatic heterocycles. The van der Waals surface area contributed by atoms with Gasteiger partial charge in [0.15, 0.2) is 6.61 Å². The van der Waals surface area contributed by atoms with E-state index in [-0.39, 0.29) is 6.61 Å². The summed E-state index contributed by atoms with van der Waals surface area (Å²) in [5, 5.41) is 3.07. The Bertz CT molecular complexity index is 846. The molecule has 0 bridgehead atoms. The molecule has 0 aliphatic heterocycles. The third kappa shape index (κ3) is 4.56. The highest BCUT2D eigenvalue weighted by Gasteiger charge is 2.21. The van der Waals surface area contributed by atoms with E-state index in [1.165, 1.54) is 33.1 Å². The van der Waals surface area contributed by atoms with Crippen LogP contribution in [0.4, 0.5) is 5.00 Å². The van der Waals surface area contributed by atoms with E-state index in [0.717, 1.165) is 30.6 Å². The molecule has 1 aliphatic carbocycles. The van der Waals surface area contributed by atoms with Crippen molar-refractivity contribution in [2.45, 2.75) is 39.5 Å². The molecule has 0 atom stereocenters. The van der Waals surface area contributed by atoms with Gasteiger partial charge in [-0.1, -0.05) is 6.92 Å². The van der Waals surface area contributed by atoms with Crippen LogP contribution in [0.15, 0.2) is 12.1 Å². The van der Waals surface area contributed by atoms with E-state index in [1.807, 2.05) is 13.0 Å². The van der Waals surface area contributed by atoms with Gasteiger partial charge in [-0.05, 0) is 50.3 Å². The zero-order valence-electron chi connectivity index (χ0n) is 15.3. The number of hydrogen-bond donors (Lipinski definition) is 1. The van der Waals surface area contributed by atoms with Crippen molar-refractivity contribution in [3.05, 3.63) is 37.9 Å². The largest absolute Gasteiger partial charge is 0.462 e. The topological polar surface area (TPSA) is 81.7 Å². The van der Waals surface area contributed by atoms with Crippen molar-refractivity contribution in [2.75, 3.05) is 18.5 Å². The van der Waals surface area contributed by atoms with E-state index in [1.54, 1.807) is 13.0 Å². The summed E-state index contributed by atoms with van der Waals surface area (Å²) in [5.74, 6) is -1.45. The maximum atomic E-state index is 12.2. The maximum Gasteiger partial charge on any atom is 0.348 e. The Morgan fingerprint density at radius 3 is 2.59 bits per heavy atom. The number of esters is 2. The Kier molecular flexibility index (Phi) is 6.28. The Hall–Kier alpha value is -2.19. The van der Waals surface area contributed by atoms with Crippen molar-refractivity contribution in [3.8, 4) is 0 Å². The van der Waals surface area contributed by atoms with Gasteiger partial charge in [0.2, 0.25) is 0 Å². The van der Waals surface area contributed by atoms with Gasteiger partial charge in [0, 0.05) is 9.75 Å². The number of aryl methyl sites for hydroxylation is 3. The first-order chi connectivity index (χ1) is 13.0. The Labute approximate surface area is 165 Å². The summed E-state index contributed by atoms with van der Waals surface area (Å²) in [6.07, 6.45) is 3.87. The van der Waals surface area contributed by atoms with Gasteiger partial charge in [0.1, 0.15) is 9.88 Å². The monoisotopic (exact) mass is 407 g/mol. The predicted octanol–water partition coefficient (Wildman–Crippen LogP) is 3.83. The molecule has 6 nitrogen and oxygen atoms in total. The van der Waals surface area contributed by atoms with Crippen molar-refractivity contribution in [1.82, 2.24) is 0 Å². The zero-order valence-corrected chi connectivity index (χ0v) is 16.9. The third-order valence-corrected chi connectivity index (χ3v) is 6.57. The van der Waals surface area contributed by atoms with Gasteiger partial charge in [-0.15, -0.1) is 22.7 Å². The molecule has 0 spiro atoms. The minimum absolute atomic E-state index is 0.256. The minimum atomic E-state index is -0.490. The highest BCUT2D eigenvalue weighted by molar-refractivity contribution is 7.16. The van der Waals surface area contributed by atoms with Crippen LogP contribution in [0.3, 0.4) is 0 Å². The standard InChI is InChI=1S/C19H21NO5S2/c1-3-12-9-13(18(22)24-4-2)17(26-12)20-16(21)10-25-19(23)15-8-11-6-5-7-14(11)27-15/h8-9H,3-7,10H2,1-2H3,(H,20,21). The molecule has 2 heterocycles. The molecule has 0 unspecified atom stereocenters. The molecule has 27 heavy (non-hydrogen) atoms. The Balaban J connectivity index is 1.59. The normalized spacial score (nSPS) is 12.5. The van der Waals surface area contributed by atoms with Crippen molar-refractivity contribution in [2.24, 2.45) is 0 Å². The van der Waals surface area contributed by atoms with Gasteiger partial charge in [-0.3, -0.25) is 4.79 Å². The van der Waals surface area contributed by atoms with E-state index in [2.05, 4.69) is 5.32 Å². The first-order valence-corrected chi connectivity index (χ1v) is 10.5. The molecule has 1 N–H and O–H groups in total. The molecule has 0 radical (unpaired) electrons. The average Bonchev–Trinajstić information content (AvgIpc) is 3.34. The van der Waals surface area contributed by atoms with Crippen LogP contribution in [0.25, 0.3) is 0 Å². The Morgan fingerprint density at radius 2 is 1.89 bits per heavy atom. The summed E-state index contributed by atoms with van der Waals surface area (Å²) in [6.45, 7) is 3.55. The number of carbonyl (C=O) groups is 3. The van der Waals surface area contributed by atoms with Gasteiger partial charge >= 0.3 is 11.9 Å². The van der Waals surface area contributed by atoms with Crippen LogP contribution in [0.5, 0.6) is 0 Å². The number of nitrogens with one attached hydrogen (secondary N) is 1. The summed E-state index contributed by atoms with van der Waals surface area (Å²) >= 11 is 2.76. The number of carbonyl (C=O) groups excluding carboxylic acids is 3. The summed E-state index contributed by atoms with van der Waals surface area (Å²) in [6, 6.07) is 3.58. The number of fused-ring (bicyclic) bond motifs is 1. The fourth-order valence-electron chi connectivity index (χ4n) is 2.86. The van der Waals surface area contributed by atoms with E-state index in [9.17, 15) is 14.4 Å². The number of ether oxygens (including phenoxy) is 2. The van der Waals surface area contributed by atoms with Crippen LogP contribution in [-0.4, -0.2) is 31.1 Å². The highest BCUT2D eigenvalue weighted by atomic mass is 32.1. The number of amides is 1. The molecular weight excluding hydrogens is 386 g/mol. The first kappa shape index (κ1) is 19.6. The highest BCUT2D eigenvalue weighted by Crippen LogP contribution is 2.31. The summed E-state index contributed by atoms with van der Waals surface area (Å²) in [5.41, 5.74) is 1.54. The van der Waals surface area contributed by atoms with E-state index in [4.69, 9.17) is 9.47 Å². The summed E-state index contributed by atoms with van der Waals surface area (Å²) in [7, 11) is 0. The first-order valence-electron chi connectivity index (χ1n) is 8.90. The SMILES string of the molecule is CCOC(=O)c1cc(CC)sc1NC(=O)COC(=O)c1cc2c(s1)CCC2. The van der Waals surface area contributed by atoms with Crippen LogP contribution in [0.2, 0.25) is 0 Å². The number of anilines is 1. The van der Waals surface area contributed by atoms with Crippen molar-refractivity contribution >= 4 is 45.5 Å². The van der Waals surface area contributed by atoms with E-state index >= 15 is 0 Å². The molecule has 0 saturated heterocycles. The molecular formula is C19H21NO5S2. The van der Waals surface area contributed by atoms with Crippen LogP contribution >= 0.6 is 22.7 Å².